The van der Waals surface area contributed by atoms with Crippen molar-refractivity contribution in [2.45, 2.75) is 17.2 Å². The molecule has 122 valence electrons. The third-order valence-electron chi connectivity index (χ3n) is 4.39. The molecule has 1 saturated heterocycles. The molecule has 0 aliphatic carbocycles. The van der Waals surface area contributed by atoms with Gasteiger partial charge in [0.05, 0.1) is 10.6 Å². The highest BCUT2D eigenvalue weighted by Crippen LogP contribution is 2.27. The second-order valence-electron chi connectivity index (χ2n) is 5.97. The molecule has 5 heteroatoms. The second kappa shape index (κ2) is 7.16. The predicted molar refractivity (Wildman–Crippen MR) is 96.4 cm³/mol. The van der Waals surface area contributed by atoms with Crippen molar-refractivity contribution in [3.63, 3.8) is 0 Å². The number of benzene rings is 2. The quantitative estimate of drug-likeness (QED) is 0.776. The van der Waals surface area contributed by atoms with Crippen molar-refractivity contribution in [1.29, 1.82) is 0 Å². The van der Waals surface area contributed by atoms with Crippen LogP contribution in [-0.2, 0) is 9.84 Å². The Labute approximate surface area is 146 Å². The fraction of sp³-hybridized carbons (Fsp3) is 0.333. The minimum Gasteiger partial charge on any atom is -0.302 e. The number of nitrogens with zero attached hydrogens (tertiary/aromatic N) is 1. The number of halogens is 1. The first-order chi connectivity index (χ1) is 11.0. The van der Waals surface area contributed by atoms with Gasteiger partial charge in [0.25, 0.3) is 0 Å². The molecule has 1 aliphatic heterocycles. The number of hydrogen-bond acceptors (Lipinski definition) is 3. The summed E-state index contributed by atoms with van der Waals surface area (Å²) in [5, 5.41) is 0. The van der Waals surface area contributed by atoms with Gasteiger partial charge in [-0.3, -0.25) is 0 Å². The molecule has 0 bridgehead atoms. The summed E-state index contributed by atoms with van der Waals surface area (Å²) in [6, 6.07) is 17.3. The standard InChI is InChI=1S/C18H20BrNO2S/c19-17-6-8-18(9-7-17)23(21,22)13-12-20-11-10-16(14-20)15-4-2-1-3-5-15/h1-9,16H,10-14H2/t16-/m1/s1. The number of sulfone groups is 1. The maximum absolute atomic E-state index is 12.4. The minimum absolute atomic E-state index is 0.177. The molecule has 0 radical (unpaired) electrons. The molecule has 3 rings (SSSR count). The van der Waals surface area contributed by atoms with Gasteiger partial charge in [-0.2, -0.15) is 0 Å². The average Bonchev–Trinajstić information content (AvgIpc) is 3.03. The van der Waals surface area contributed by atoms with Crippen LogP contribution in [0, 0.1) is 0 Å². The Hall–Kier alpha value is -1.17. The third-order valence-corrected chi connectivity index (χ3v) is 6.63. The van der Waals surface area contributed by atoms with Crippen LogP contribution in [0.5, 0.6) is 0 Å². The lowest BCUT2D eigenvalue weighted by molar-refractivity contribution is 0.354. The van der Waals surface area contributed by atoms with E-state index < -0.39 is 9.84 Å². The van der Waals surface area contributed by atoms with Crippen LogP contribution in [0.15, 0.2) is 64.0 Å². The molecule has 0 aromatic heterocycles. The Morgan fingerprint density at radius 1 is 1.04 bits per heavy atom. The first-order valence-corrected chi connectivity index (χ1v) is 10.2. The van der Waals surface area contributed by atoms with Crippen molar-refractivity contribution >= 4 is 25.8 Å². The van der Waals surface area contributed by atoms with E-state index in [1.807, 2.05) is 6.07 Å². The van der Waals surface area contributed by atoms with E-state index in [2.05, 4.69) is 45.1 Å². The molecule has 23 heavy (non-hydrogen) atoms. The van der Waals surface area contributed by atoms with Gasteiger partial charge in [-0.05, 0) is 48.7 Å². The molecule has 0 saturated carbocycles. The van der Waals surface area contributed by atoms with Crippen LogP contribution >= 0.6 is 15.9 Å². The highest BCUT2D eigenvalue weighted by Gasteiger charge is 2.25. The summed E-state index contributed by atoms with van der Waals surface area (Å²) in [7, 11) is -3.21. The van der Waals surface area contributed by atoms with Crippen LogP contribution in [-0.4, -0.2) is 38.7 Å². The minimum atomic E-state index is -3.21. The summed E-state index contributed by atoms with van der Waals surface area (Å²) in [6.45, 7) is 2.51. The van der Waals surface area contributed by atoms with Gasteiger partial charge in [0.2, 0.25) is 0 Å². The van der Waals surface area contributed by atoms with Gasteiger partial charge in [-0.25, -0.2) is 8.42 Å². The molecule has 3 nitrogen and oxygen atoms in total. The van der Waals surface area contributed by atoms with E-state index in [0.717, 1.165) is 24.0 Å². The molecule has 1 aliphatic rings. The van der Waals surface area contributed by atoms with Gasteiger partial charge >= 0.3 is 0 Å². The molecule has 1 atom stereocenters. The van der Waals surface area contributed by atoms with Gasteiger partial charge in [-0.15, -0.1) is 0 Å². The van der Waals surface area contributed by atoms with E-state index in [0.29, 0.717) is 17.4 Å². The maximum atomic E-state index is 12.4. The molecule has 0 spiro atoms. The van der Waals surface area contributed by atoms with E-state index in [-0.39, 0.29) is 5.75 Å². The molecule has 1 fully saturated rings. The van der Waals surface area contributed by atoms with Gasteiger partial charge in [0.15, 0.2) is 9.84 Å². The van der Waals surface area contributed by atoms with Crippen LogP contribution < -0.4 is 0 Å². The number of likely N-dealkylation sites (tertiary alicyclic amines) is 1. The number of rotatable bonds is 5. The molecule has 2 aromatic rings. The third kappa shape index (κ3) is 4.22. The molecular weight excluding hydrogens is 374 g/mol. The van der Waals surface area contributed by atoms with Crippen LogP contribution in [0.1, 0.15) is 17.9 Å². The zero-order chi connectivity index (χ0) is 16.3. The maximum Gasteiger partial charge on any atom is 0.179 e. The fourth-order valence-corrected chi connectivity index (χ4v) is 4.59. The molecule has 0 unspecified atom stereocenters. The van der Waals surface area contributed by atoms with E-state index in [9.17, 15) is 8.42 Å². The second-order valence-corrected chi connectivity index (χ2v) is 8.99. The highest BCUT2D eigenvalue weighted by molar-refractivity contribution is 9.10. The summed E-state index contributed by atoms with van der Waals surface area (Å²) in [5.41, 5.74) is 1.35. The summed E-state index contributed by atoms with van der Waals surface area (Å²) in [6.07, 6.45) is 1.10. The van der Waals surface area contributed by atoms with Gasteiger partial charge in [0.1, 0.15) is 0 Å². The van der Waals surface area contributed by atoms with Crippen LogP contribution in [0.3, 0.4) is 0 Å². The monoisotopic (exact) mass is 393 g/mol. The van der Waals surface area contributed by atoms with E-state index in [4.69, 9.17) is 0 Å². The van der Waals surface area contributed by atoms with Crippen LogP contribution in [0.25, 0.3) is 0 Å². The summed E-state index contributed by atoms with van der Waals surface area (Å²) in [5.74, 6) is 0.697. The average molecular weight is 394 g/mol. The van der Waals surface area contributed by atoms with Crippen LogP contribution in [0.2, 0.25) is 0 Å². The van der Waals surface area contributed by atoms with Gasteiger partial charge < -0.3 is 4.90 Å². The largest absolute Gasteiger partial charge is 0.302 e. The Balaban J connectivity index is 1.58. The highest BCUT2D eigenvalue weighted by atomic mass is 79.9. The molecule has 1 heterocycles. The summed E-state index contributed by atoms with van der Waals surface area (Å²) >= 11 is 3.33. The van der Waals surface area contributed by atoms with Crippen molar-refractivity contribution in [2.75, 3.05) is 25.4 Å². The lowest BCUT2D eigenvalue weighted by Gasteiger charge is -2.16. The molecule has 0 N–H and O–H groups in total. The Kier molecular flexibility index (Phi) is 5.19. The van der Waals surface area contributed by atoms with E-state index in [1.165, 1.54) is 5.56 Å². The lowest BCUT2D eigenvalue weighted by atomic mass is 9.99. The van der Waals surface area contributed by atoms with Crippen molar-refractivity contribution in [2.24, 2.45) is 0 Å². The van der Waals surface area contributed by atoms with Gasteiger partial charge in [-0.1, -0.05) is 46.3 Å². The Morgan fingerprint density at radius 2 is 1.74 bits per heavy atom. The molecular formula is C18H20BrNO2S. The zero-order valence-electron chi connectivity index (χ0n) is 12.9. The summed E-state index contributed by atoms with van der Waals surface area (Å²) < 4.78 is 25.7. The molecule has 0 amide bonds. The zero-order valence-corrected chi connectivity index (χ0v) is 15.3. The smallest absolute Gasteiger partial charge is 0.179 e. The molecule has 2 aromatic carbocycles. The first kappa shape index (κ1) is 16.7. The number of hydrogen-bond donors (Lipinski definition) is 0. The Morgan fingerprint density at radius 3 is 2.43 bits per heavy atom. The van der Waals surface area contributed by atoms with Crippen molar-refractivity contribution in [3.8, 4) is 0 Å². The topological polar surface area (TPSA) is 37.4 Å². The normalized spacial score (nSPS) is 19.1. The first-order valence-electron chi connectivity index (χ1n) is 7.80. The lowest BCUT2D eigenvalue weighted by Crippen LogP contribution is -2.27. The fourth-order valence-electron chi connectivity index (χ4n) is 3.04. The predicted octanol–water partition coefficient (Wildman–Crippen LogP) is 3.71. The van der Waals surface area contributed by atoms with Gasteiger partial charge in [0, 0.05) is 17.6 Å². The van der Waals surface area contributed by atoms with E-state index in [1.54, 1.807) is 24.3 Å². The van der Waals surface area contributed by atoms with Crippen molar-refractivity contribution in [3.05, 3.63) is 64.6 Å². The van der Waals surface area contributed by atoms with Crippen molar-refractivity contribution in [1.82, 2.24) is 4.90 Å². The Bertz CT molecular complexity index is 744. The van der Waals surface area contributed by atoms with Crippen LogP contribution in [0.4, 0.5) is 0 Å². The van der Waals surface area contributed by atoms with Crippen molar-refractivity contribution < 1.29 is 8.42 Å². The van der Waals surface area contributed by atoms with E-state index >= 15 is 0 Å². The summed E-state index contributed by atoms with van der Waals surface area (Å²) in [4.78, 5) is 2.66. The SMILES string of the molecule is O=S(=O)(CCN1CC[C@@H](c2ccccc2)C1)c1ccc(Br)cc1.